The molecule has 0 N–H and O–H groups in total. The number of rotatable bonds is 6. The Kier molecular flexibility index (Phi) is 5.85. The number of thioether (sulfide) groups is 1. The first-order valence-corrected chi connectivity index (χ1v) is 11.5. The average molecular weight is 454 g/mol. The Morgan fingerprint density at radius 1 is 1.19 bits per heavy atom. The van der Waals surface area contributed by atoms with Crippen LogP contribution in [0.15, 0.2) is 47.6 Å². The van der Waals surface area contributed by atoms with Crippen LogP contribution in [0.4, 0.5) is 0 Å². The molecule has 1 atom stereocenters. The number of amides is 1. The number of aromatic nitrogens is 4. The van der Waals surface area contributed by atoms with E-state index in [4.69, 9.17) is 14.2 Å². The Hall–Kier alpha value is -3.27. The largest absolute Gasteiger partial charge is 0.494 e. The third kappa shape index (κ3) is 3.97. The summed E-state index contributed by atoms with van der Waals surface area (Å²) in [5.41, 5.74) is 1.80. The number of fused-ring (bicyclic) bond motifs is 1. The van der Waals surface area contributed by atoms with Gasteiger partial charge in [-0.2, -0.15) is 4.68 Å². The molecule has 0 unspecified atom stereocenters. The minimum atomic E-state index is 0.0316. The van der Waals surface area contributed by atoms with Crippen molar-refractivity contribution < 1.29 is 19.0 Å². The molecule has 1 saturated heterocycles. The maximum absolute atomic E-state index is 13.1. The van der Waals surface area contributed by atoms with Crippen LogP contribution in [0.1, 0.15) is 24.4 Å². The van der Waals surface area contributed by atoms with E-state index in [1.165, 1.54) is 11.8 Å². The molecule has 1 aromatic heterocycles. The zero-order chi connectivity index (χ0) is 21.9. The van der Waals surface area contributed by atoms with Crippen molar-refractivity contribution in [2.45, 2.75) is 24.0 Å². The fraction of sp³-hybridized carbons (Fsp3) is 0.364. The van der Waals surface area contributed by atoms with Gasteiger partial charge >= 0.3 is 0 Å². The number of hydrogen-bond donors (Lipinski definition) is 0. The Morgan fingerprint density at radius 2 is 2.03 bits per heavy atom. The van der Waals surface area contributed by atoms with Gasteiger partial charge in [-0.1, -0.05) is 30.0 Å². The van der Waals surface area contributed by atoms with Crippen LogP contribution in [0.3, 0.4) is 0 Å². The van der Waals surface area contributed by atoms with Gasteiger partial charge < -0.3 is 19.1 Å². The number of nitrogens with zero attached hydrogens (tertiary/aromatic N) is 5. The molecule has 10 heteroatoms. The van der Waals surface area contributed by atoms with Gasteiger partial charge in [-0.25, -0.2) is 0 Å². The van der Waals surface area contributed by atoms with Gasteiger partial charge in [0.05, 0.1) is 18.9 Å². The van der Waals surface area contributed by atoms with Crippen molar-refractivity contribution in [3.63, 3.8) is 0 Å². The Bertz CT molecular complexity index is 1120. The summed E-state index contributed by atoms with van der Waals surface area (Å²) < 4.78 is 18.4. The van der Waals surface area contributed by atoms with Gasteiger partial charge in [0.15, 0.2) is 11.5 Å². The van der Waals surface area contributed by atoms with E-state index in [-0.39, 0.29) is 17.7 Å². The molecule has 0 radical (unpaired) electrons. The molecule has 2 aliphatic heterocycles. The van der Waals surface area contributed by atoms with Crippen molar-refractivity contribution in [1.82, 2.24) is 25.1 Å². The summed E-state index contributed by atoms with van der Waals surface area (Å²) in [7, 11) is 1.60. The number of methoxy groups -OCH3 is 1. The summed E-state index contributed by atoms with van der Waals surface area (Å²) in [6, 6.07) is 13.5. The lowest BCUT2D eigenvalue weighted by molar-refractivity contribution is -0.129. The lowest BCUT2D eigenvalue weighted by Gasteiger charge is -2.26. The molecule has 1 fully saturated rings. The van der Waals surface area contributed by atoms with E-state index in [0.29, 0.717) is 24.1 Å². The number of likely N-dealkylation sites (tertiary alicyclic amines) is 1. The van der Waals surface area contributed by atoms with Gasteiger partial charge in [-0.3, -0.25) is 4.79 Å². The standard InChI is InChI=1S/C22H23N5O4S/c1-29-18-7-3-2-5-17(18)27-22(23-24-25-27)32-14-21(28)26-10-4-6-16(26)15-8-9-19-20(13-15)31-12-11-30-19/h2-3,5,7-9,13,16H,4,6,10-12,14H2,1H3/t16-/m0/s1. The van der Waals surface area contributed by atoms with Crippen LogP contribution >= 0.6 is 11.8 Å². The number of hydrogen-bond acceptors (Lipinski definition) is 8. The Balaban J connectivity index is 1.29. The molecule has 3 aromatic rings. The number of para-hydroxylation sites is 2. The van der Waals surface area contributed by atoms with Gasteiger partial charge in [-0.05, 0) is 53.1 Å². The monoisotopic (exact) mass is 453 g/mol. The smallest absolute Gasteiger partial charge is 0.233 e. The highest BCUT2D eigenvalue weighted by Gasteiger charge is 2.31. The molecule has 0 spiro atoms. The van der Waals surface area contributed by atoms with Crippen LogP contribution in [-0.2, 0) is 4.79 Å². The lowest BCUT2D eigenvalue weighted by atomic mass is 10.0. The van der Waals surface area contributed by atoms with E-state index >= 15 is 0 Å². The van der Waals surface area contributed by atoms with Crippen LogP contribution in [0.2, 0.25) is 0 Å². The molecule has 2 aliphatic rings. The summed E-state index contributed by atoms with van der Waals surface area (Å²) in [5, 5.41) is 12.5. The van der Waals surface area contributed by atoms with Crippen LogP contribution in [-0.4, -0.2) is 63.6 Å². The molecular formula is C22H23N5O4S. The second-order valence-electron chi connectivity index (χ2n) is 7.48. The highest BCUT2D eigenvalue weighted by molar-refractivity contribution is 7.99. The summed E-state index contributed by atoms with van der Waals surface area (Å²) in [6.45, 7) is 1.84. The van der Waals surface area contributed by atoms with Gasteiger partial charge in [0.25, 0.3) is 0 Å². The fourth-order valence-corrected chi connectivity index (χ4v) is 4.88. The first-order chi connectivity index (χ1) is 15.7. The highest BCUT2D eigenvalue weighted by atomic mass is 32.2. The highest BCUT2D eigenvalue weighted by Crippen LogP contribution is 2.38. The van der Waals surface area contributed by atoms with Gasteiger partial charge in [0, 0.05) is 6.54 Å². The molecule has 3 heterocycles. The minimum absolute atomic E-state index is 0.0316. The van der Waals surface area contributed by atoms with E-state index < -0.39 is 0 Å². The first-order valence-electron chi connectivity index (χ1n) is 10.5. The van der Waals surface area contributed by atoms with Gasteiger partial charge in [0.1, 0.15) is 24.7 Å². The minimum Gasteiger partial charge on any atom is -0.494 e. The molecule has 5 rings (SSSR count). The molecule has 0 saturated carbocycles. The average Bonchev–Trinajstić information content (AvgIpc) is 3.52. The molecule has 2 aromatic carbocycles. The maximum atomic E-state index is 13.1. The second kappa shape index (κ2) is 9.07. The molecule has 1 amide bonds. The number of carbonyl (C=O) groups excluding carboxylic acids is 1. The SMILES string of the molecule is COc1ccccc1-n1nnnc1SCC(=O)N1CCC[C@H]1c1ccc2c(c1)OCCO2. The second-order valence-corrected chi connectivity index (χ2v) is 8.42. The predicted octanol–water partition coefficient (Wildman–Crippen LogP) is 2.90. The number of ether oxygens (including phenoxy) is 3. The number of tetrazole rings is 1. The fourth-order valence-electron chi connectivity index (χ4n) is 4.11. The lowest BCUT2D eigenvalue weighted by Crippen LogP contribution is -2.32. The molecule has 32 heavy (non-hydrogen) atoms. The Morgan fingerprint density at radius 3 is 2.91 bits per heavy atom. The third-order valence-electron chi connectivity index (χ3n) is 5.60. The van der Waals surface area contributed by atoms with E-state index in [9.17, 15) is 4.79 Å². The summed E-state index contributed by atoms with van der Waals surface area (Å²) in [5.74, 6) is 2.47. The van der Waals surface area contributed by atoms with Crippen molar-refractivity contribution in [2.24, 2.45) is 0 Å². The first kappa shape index (κ1) is 20.6. The molecular weight excluding hydrogens is 430 g/mol. The van der Waals surface area contributed by atoms with Crippen LogP contribution in [0.25, 0.3) is 5.69 Å². The number of carbonyl (C=O) groups is 1. The number of benzene rings is 2. The van der Waals surface area contributed by atoms with E-state index in [1.54, 1.807) is 11.8 Å². The van der Waals surface area contributed by atoms with Crippen molar-refractivity contribution in [2.75, 3.05) is 32.6 Å². The van der Waals surface area contributed by atoms with Crippen molar-refractivity contribution >= 4 is 17.7 Å². The van der Waals surface area contributed by atoms with Crippen LogP contribution in [0.5, 0.6) is 17.2 Å². The van der Waals surface area contributed by atoms with Crippen LogP contribution < -0.4 is 14.2 Å². The molecule has 9 nitrogen and oxygen atoms in total. The van der Waals surface area contributed by atoms with E-state index in [1.807, 2.05) is 47.4 Å². The third-order valence-corrected chi connectivity index (χ3v) is 6.51. The summed E-state index contributed by atoms with van der Waals surface area (Å²) in [6.07, 6.45) is 1.89. The van der Waals surface area contributed by atoms with E-state index in [2.05, 4.69) is 15.5 Å². The molecule has 0 bridgehead atoms. The van der Waals surface area contributed by atoms with Crippen molar-refractivity contribution in [1.29, 1.82) is 0 Å². The molecule has 166 valence electrons. The zero-order valence-electron chi connectivity index (χ0n) is 17.6. The summed E-state index contributed by atoms with van der Waals surface area (Å²) >= 11 is 1.32. The van der Waals surface area contributed by atoms with Gasteiger partial charge in [0.2, 0.25) is 11.1 Å². The topological polar surface area (TPSA) is 91.6 Å². The maximum Gasteiger partial charge on any atom is 0.233 e. The van der Waals surface area contributed by atoms with E-state index in [0.717, 1.165) is 42.1 Å². The molecule has 0 aliphatic carbocycles. The van der Waals surface area contributed by atoms with Crippen molar-refractivity contribution in [3.05, 3.63) is 48.0 Å². The van der Waals surface area contributed by atoms with Gasteiger partial charge in [-0.15, -0.1) is 5.10 Å². The zero-order valence-corrected chi connectivity index (χ0v) is 18.5. The predicted molar refractivity (Wildman–Crippen MR) is 118 cm³/mol. The normalized spacial score (nSPS) is 17.4. The Labute approximate surface area is 189 Å². The summed E-state index contributed by atoms with van der Waals surface area (Å²) in [4.78, 5) is 15.1. The quantitative estimate of drug-likeness (QED) is 0.526. The van der Waals surface area contributed by atoms with Crippen LogP contribution in [0, 0.1) is 0 Å². The van der Waals surface area contributed by atoms with Crippen molar-refractivity contribution in [3.8, 4) is 22.9 Å².